The van der Waals surface area contributed by atoms with E-state index in [-0.39, 0.29) is 5.91 Å². The lowest BCUT2D eigenvalue weighted by molar-refractivity contribution is 0.102. The summed E-state index contributed by atoms with van der Waals surface area (Å²) in [6, 6.07) is 16.1. The first-order chi connectivity index (χ1) is 14.9. The standard InChI is InChI=1S/C22H17BrCl2N4O2/c1-29-18-11-19(31-2)14(21(30)26-13-8-6-12(23)7-9-13)10-17(18)27-22(29)28-20-15(24)4-3-5-16(20)25/h3-11H,1-2H3,(H,26,30)(H,27,28). The molecular weight excluding hydrogens is 503 g/mol. The maximum Gasteiger partial charge on any atom is 0.259 e. The molecule has 0 radical (unpaired) electrons. The first-order valence-corrected chi connectivity index (χ1v) is 10.7. The van der Waals surface area contributed by atoms with Crippen LogP contribution in [0.4, 0.5) is 17.3 Å². The summed E-state index contributed by atoms with van der Waals surface area (Å²) in [6.07, 6.45) is 0. The molecule has 0 spiro atoms. The van der Waals surface area contributed by atoms with Crippen LogP contribution < -0.4 is 15.4 Å². The molecule has 0 fully saturated rings. The summed E-state index contributed by atoms with van der Waals surface area (Å²) in [5.41, 5.74) is 3.01. The van der Waals surface area contributed by atoms with Crippen molar-refractivity contribution in [1.82, 2.24) is 9.55 Å². The molecule has 1 amide bonds. The van der Waals surface area contributed by atoms with Crippen molar-refractivity contribution in [2.24, 2.45) is 7.05 Å². The third-order valence-corrected chi connectivity index (χ3v) is 5.91. The third-order valence-electron chi connectivity index (χ3n) is 4.75. The lowest BCUT2D eigenvalue weighted by Gasteiger charge is -2.11. The van der Waals surface area contributed by atoms with Crippen LogP contribution in [0.3, 0.4) is 0 Å². The second-order valence-electron chi connectivity index (χ2n) is 6.72. The largest absolute Gasteiger partial charge is 0.496 e. The Kier molecular flexibility index (Phi) is 6.09. The summed E-state index contributed by atoms with van der Waals surface area (Å²) in [6.45, 7) is 0. The molecular formula is C22H17BrCl2N4O2. The molecule has 1 heterocycles. The van der Waals surface area contributed by atoms with Gasteiger partial charge in [-0.15, -0.1) is 0 Å². The molecule has 0 bridgehead atoms. The Bertz CT molecular complexity index is 1270. The molecule has 31 heavy (non-hydrogen) atoms. The number of nitrogens with one attached hydrogen (secondary N) is 2. The monoisotopic (exact) mass is 518 g/mol. The fourth-order valence-corrected chi connectivity index (χ4v) is 3.89. The number of carbonyl (C=O) groups excluding carboxylic acids is 1. The van der Waals surface area contributed by atoms with Crippen molar-refractivity contribution in [2.45, 2.75) is 0 Å². The van der Waals surface area contributed by atoms with Crippen LogP contribution in [-0.4, -0.2) is 22.6 Å². The van der Waals surface area contributed by atoms with E-state index in [1.54, 1.807) is 30.3 Å². The minimum absolute atomic E-state index is 0.296. The average molecular weight is 520 g/mol. The number of hydrogen-bond donors (Lipinski definition) is 2. The van der Waals surface area contributed by atoms with Crippen molar-refractivity contribution in [3.05, 3.63) is 74.7 Å². The van der Waals surface area contributed by atoms with Gasteiger partial charge in [0.15, 0.2) is 0 Å². The van der Waals surface area contributed by atoms with Gasteiger partial charge in [-0.05, 0) is 42.5 Å². The van der Waals surface area contributed by atoms with Crippen LogP contribution in [0.15, 0.2) is 59.1 Å². The van der Waals surface area contributed by atoms with E-state index in [0.29, 0.717) is 44.2 Å². The Balaban J connectivity index is 1.71. The van der Waals surface area contributed by atoms with Gasteiger partial charge in [-0.2, -0.15) is 0 Å². The van der Waals surface area contributed by atoms with E-state index in [4.69, 9.17) is 27.9 Å². The number of halogens is 3. The number of benzene rings is 3. The van der Waals surface area contributed by atoms with Crippen molar-refractivity contribution in [1.29, 1.82) is 0 Å². The Morgan fingerprint density at radius 1 is 1.10 bits per heavy atom. The van der Waals surface area contributed by atoms with Crippen LogP contribution in [0.2, 0.25) is 10.0 Å². The number of fused-ring (bicyclic) bond motifs is 1. The van der Waals surface area contributed by atoms with Gasteiger partial charge in [0.25, 0.3) is 5.91 Å². The molecule has 0 aliphatic carbocycles. The van der Waals surface area contributed by atoms with E-state index in [9.17, 15) is 4.79 Å². The first-order valence-electron chi connectivity index (χ1n) is 9.20. The summed E-state index contributed by atoms with van der Waals surface area (Å²) in [5.74, 6) is 0.667. The van der Waals surface area contributed by atoms with Gasteiger partial charge in [-0.25, -0.2) is 4.98 Å². The number of methoxy groups -OCH3 is 1. The summed E-state index contributed by atoms with van der Waals surface area (Å²) in [5, 5.41) is 7.00. The van der Waals surface area contributed by atoms with E-state index in [0.717, 1.165) is 9.99 Å². The SMILES string of the molecule is COc1cc2c(cc1C(=O)Nc1ccc(Br)cc1)nc(Nc1c(Cl)cccc1Cl)n2C. The van der Waals surface area contributed by atoms with E-state index in [1.165, 1.54) is 7.11 Å². The number of hydrogen-bond acceptors (Lipinski definition) is 4. The molecule has 0 aliphatic rings. The molecule has 3 aromatic carbocycles. The molecule has 9 heteroatoms. The first kappa shape index (κ1) is 21.5. The maximum atomic E-state index is 12.9. The molecule has 0 aliphatic heterocycles. The fraction of sp³-hybridized carbons (Fsp3) is 0.0909. The number of ether oxygens (including phenoxy) is 1. The van der Waals surface area contributed by atoms with E-state index < -0.39 is 0 Å². The smallest absolute Gasteiger partial charge is 0.259 e. The molecule has 2 N–H and O–H groups in total. The van der Waals surface area contributed by atoms with Crippen LogP contribution >= 0.6 is 39.1 Å². The molecule has 158 valence electrons. The van der Waals surface area contributed by atoms with Gasteiger partial charge in [-0.3, -0.25) is 4.79 Å². The zero-order valence-electron chi connectivity index (χ0n) is 16.5. The van der Waals surface area contributed by atoms with Crippen LogP contribution in [0, 0.1) is 0 Å². The van der Waals surface area contributed by atoms with Crippen LogP contribution in [0.25, 0.3) is 11.0 Å². The van der Waals surface area contributed by atoms with Crippen molar-refractivity contribution in [3.63, 3.8) is 0 Å². The second kappa shape index (κ2) is 8.78. The number of rotatable bonds is 5. The highest BCUT2D eigenvalue weighted by Gasteiger charge is 2.18. The lowest BCUT2D eigenvalue weighted by Crippen LogP contribution is -2.13. The lowest BCUT2D eigenvalue weighted by atomic mass is 10.1. The molecule has 0 atom stereocenters. The zero-order chi connectivity index (χ0) is 22.1. The Morgan fingerprint density at radius 2 is 1.77 bits per heavy atom. The van der Waals surface area contributed by atoms with Crippen molar-refractivity contribution in [2.75, 3.05) is 17.7 Å². The van der Waals surface area contributed by atoms with Gasteiger partial charge in [0, 0.05) is 23.3 Å². The number of anilines is 3. The predicted molar refractivity (Wildman–Crippen MR) is 129 cm³/mol. The molecule has 0 saturated heterocycles. The highest BCUT2D eigenvalue weighted by molar-refractivity contribution is 9.10. The Morgan fingerprint density at radius 3 is 2.42 bits per heavy atom. The van der Waals surface area contributed by atoms with Crippen molar-refractivity contribution in [3.8, 4) is 5.75 Å². The zero-order valence-corrected chi connectivity index (χ0v) is 19.6. The Labute approximate surface area is 197 Å². The minimum atomic E-state index is -0.296. The molecule has 0 unspecified atom stereocenters. The normalized spacial score (nSPS) is 10.9. The van der Waals surface area contributed by atoms with Gasteiger partial charge < -0.3 is 19.9 Å². The van der Waals surface area contributed by atoms with Crippen molar-refractivity contribution >= 4 is 73.4 Å². The van der Waals surface area contributed by atoms with E-state index in [1.807, 2.05) is 35.9 Å². The highest BCUT2D eigenvalue weighted by Crippen LogP contribution is 2.34. The second-order valence-corrected chi connectivity index (χ2v) is 8.45. The summed E-state index contributed by atoms with van der Waals surface area (Å²) in [4.78, 5) is 17.5. The van der Waals surface area contributed by atoms with Gasteiger partial charge in [0.05, 0.1) is 39.4 Å². The quantitative estimate of drug-likeness (QED) is 0.310. The number of para-hydroxylation sites is 1. The highest BCUT2D eigenvalue weighted by atomic mass is 79.9. The number of nitrogens with zero attached hydrogens (tertiary/aromatic N) is 2. The minimum Gasteiger partial charge on any atom is -0.496 e. The molecule has 1 aromatic heterocycles. The van der Waals surface area contributed by atoms with E-state index in [2.05, 4.69) is 31.5 Å². The maximum absolute atomic E-state index is 12.9. The molecule has 4 rings (SSSR count). The van der Waals surface area contributed by atoms with Crippen LogP contribution in [-0.2, 0) is 7.05 Å². The number of aryl methyl sites for hydroxylation is 1. The average Bonchev–Trinajstić information content (AvgIpc) is 3.06. The predicted octanol–water partition coefficient (Wildman–Crippen LogP) is 6.65. The van der Waals surface area contributed by atoms with E-state index >= 15 is 0 Å². The van der Waals surface area contributed by atoms with Crippen LogP contribution in [0.5, 0.6) is 5.75 Å². The summed E-state index contributed by atoms with van der Waals surface area (Å²) < 4.78 is 8.25. The van der Waals surface area contributed by atoms with Gasteiger partial charge >= 0.3 is 0 Å². The molecule has 6 nitrogen and oxygen atoms in total. The number of aromatic nitrogens is 2. The number of amides is 1. The van der Waals surface area contributed by atoms with Gasteiger partial charge in [-0.1, -0.05) is 45.2 Å². The summed E-state index contributed by atoms with van der Waals surface area (Å²) in [7, 11) is 3.38. The summed E-state index contributed by atoms with van der Waals surface area (Å²) >= 11 is 15.9. The fourth-order valence-electron chi connectivity index (χ4n) is 3.14. The molecule has 0 saturated carbocycles. The van der Waals surface area contributed by atoms with Gasteiger partial charge in [0.1, 0.15) is 5.75 Å². The number of carbonyl (C=O) groups is 1. The third kappa shape index (κ3) is 4.35. The van der Waals surface area contributed by atoms with Crippen molar-refractivity contribution < 1.29 is 9.53 Å². The van der Waals surface area contributed by atoms with Gasteiger partial charge in [0.2, 0.25) is 5.95 Å². The topological polar surface area (TPSA) is 68.2 Å². The van der Waals surface area contributed by atoms with Crippen LogP contribution in [0.1, 0.15) is 10.4 Å². The Hall–Kier alpha value is -2.74. The number of imidazole rings is 1. The molecule has 4 aromatic rings.